The Bertz CT molecular complexity index is 441. The molecule has 3 rings (SSSR count). The summed E-state index contributed by atoms with van der Waals surface area (Å²) < 4.78 is 25.9. The van der Waals surface area contributed by atoms with Crippen molar-refractivity contribution >= 4 is 27.8 Å². The highest BCUT2D eigenvalue weighted by Crippen LogP contribution is 2.48. The Balaban J connectivity index is 1.91. The van der Waals surface area contributed by atoms with Crippen LogP contribution in [0.15, 0.2) is 0 Å². The van der Waals surface area contributed by atoms with Gasteiger partial charge in [-0.15, -0.1) is 11.8 Å². The van der Waals surface area contributed by atoms with E-state index in [-0.39, 0.29) is 10.6 Å². The maximum absolute atomic E-state index is 12.3. The van der Waals surface area contributed by atoms with Crippen molar-refractivity contribution in [3.63, 3.8) is 0 Å². The first-order valence-electron chi connectivity index (χ1n) is 5.88. The van der Waals surface area contributed by atoms with Crippen molar-refractivity contribution in [3.05, 3.63) is 0 Å². The zero-order chi connectivity index (χ0) is 12.2. The number of hydrogen-bond donors (Lipinski definition) is 1. The molecule has 0 radical (unpaired) electrons. The molecule has 5 nitrogen and oxygen atoms in total. The van der Waals surface area contributed by atoms with Crippen LogP contribution in [0, 0.1) is 5.92 Å². The predicted octanol–water partition coefficient (Wildman–Crippen LogP) is 0.717. The molecule has 0 aromatic carbocycles. The van der Waals surface area contributed by atoms with Crippen LogP contribution in [0.5, 0.6) is 0 Å². The second-order valence-electron chi connectivity index (χ2n) is 4.99. The highest BCUT2D eigenvalue weighted by molar-refractivity contribution is 8.01. The molecule has 2 aliphatic carbocycles. The summed E-state index contributed by atoms with van der Waals surface area (Å²) in [5.74, 6) is -0.245. The zero-order valence-corrected chi connectivity index (χ0v) is 10.9. The molecule has 7 heteroatoms. The van der Waals surface area contributed by atoms with Gasteiger partial charge in [0, 0.05) is 5.75 Å². The van der Waals surface area contributed by atoms with Gasteiger partial charge in [-0.2, -0.15) is 4.31 Å². The summed E-state index contributed by atoms with van der Waals surface area (Å²) in [5, 5.41) is 8.71. The Labute approximate surface area is 105 Å². The van der Waals surface area contributed by atoms with E-state index in [0.717, 1.165) is 12.8 Å². The molecule has 0 aromatic heterocycles. The van der Waals surface area contributed by atoms with Gasteiger partial charge in [-0.05, 0) is 31.6 Å². The first-order valence-corrected chi connectivity index (χ1v) is 8.44. The van der Waals surface area contributed by atoms with E-state index >= 15 is 0 Å². The number of rotatable bonds is 4. The molecule has 17 heavy (non-hydrogen) atoms. The zero-order valence-electron chi connectivity index (χ0n) is 9.28. The molecule has 0 amide bonds. The van der Waals surface area contributed by atoms with Crippen LogP contribution in [-0.4, -0.2) is 46.2 Å². The van der Waals surface area contributed by atoms with Gasteiger partial charge >= 0.3 is 5.97 Å². The second-order valence-corrected chi connectivity index (χ2v) is 8.26. The van der Waals surface area contributed by atoms with E-state index in [4.69, 9.17) is 5.11 Å². The van der Waals surface area contributed by atoms with Gasteiger partial charge in [-0.1, -0.05) is 0 Å². The molecule has 1 N–H and O–H groups in total. The highest BCUT2D eigenvalue weighted by Gasteiger charge is 2.54. The number of sulfonamides is 1. The topological polar surface area (TPSA) is 74.7 Å². The van der Waals surface area contributed by atoms with Gasteiger partial charge in [-0.25, -0.2) is 8.42 Å². The molecule has 2 atom stereocenters. The quantitative estimate of drug-likeness (QED) is 0.819. The summed E-state index contributed by atoms with van der Waals surface area (Å²) in [5.41, 5.74) is 0. The highest BCUT2D eigenvalue weighted by atomic mass is 32.2. The lowest BCUT2D eigenvalue weighted by atomic mass is 10.3. The molecule has 0 aromatic rings. The van der Waals surface area contributed by atoms with E-state index in [1.54, 1.807) is 0 Å². The Morgan fingerprint density at radius 1 is 1.24 bits per heavy atom. The SMILES string of the molecule is O=C(O)C1CSC(C2CC2)N1S(=O)(=O)C1CC1. The van der Waals surface area contributed by atoms with Gasteiger partial charge in [0.2, 0.25) is 10.0 Å². The molecule has 0 bridgehead atoms. The fraction of sp³-hybridized carbons (Fsp3) is 0.900. The van der Waals surface area contributed by atoms with Crippen molar-refractivity contribution < 1.29 is 18.3 Å². The van der Waals surface area contributed by atoms with Gasteiger partial charge in [-0.3, -0.25) is 4.79 Å². The third kappa shape index (κ3) is 1.98. The lowest BCUT2D eigenvalue weighted by Crippen LogP contribution is -2.47. The van der Waals surface area contributed by atoms with Crippen molar-refractivity contribution in [2.75, 3.05) is 5.75 Å². The summed E-state index contributed by atoms with van der Waals surface area (Å²) in [6, 6.07) is -0.851. The van der Waals surface area contributed by atoms with E-state index in [2.05, 4.69) is 0 Å². The lowest BCUT2D eigenvalue weighted by molar-refractivity contribution is -0.140. The normalized spacial score (nSPS) is 35.1. The van der Waals surface area contributed by atoms with Crippen LogP contribution < -0.4 is 0 Å². The Morgan fingerprint density at radius 2 is 1.88 bits per heavy atom. The van der Waals surface area contributed by atoms with Gasteiger partial charge in [0.15, 0.2) is 0 Å². The number of thioether (sulfide) groups is 1. The van der Waals surface area contributed by atoms with Crippen LogP contribution in [0.1, 0.15) is 25.7 Å². The summed E-state index contributed by atoms with van der Waals surface area (Å²) in [6.45, 7) is 0. The molecule has 2 unspecified atom stereocenters. The summed E-state index contributed by atoms with van der Waals surface area (Å²) in [7, 11) is -3.38. The number of carbonyl (C=O) groups is 1. The minimum absolute atomic E-state index is 0.123. The smallest absolute Gasteiger partial charge is 0.322 e. The second kappa shape index (κ2) is 3.86. The summed E-state index contributed by atoms with van der Waals surface area (Å²) in [4.78, 5) is 11.2. The van der Waals surface area contributed by atoms with E-state index in [1.807, 2.05) is 0 Å². The van der Waals surface area contributed by atoms with Crippen molar-refractivity contribution in [3.8, 4) is 0 Å². The Morgan fingerprint density at radius 3 is 2.35 bits per heavy atom. The van der Waals surface area contributed by atoms with Crippen molar-refractivity contribution in [1.29, 1.82) is 0 Å². The molecule has 1 aliphatic heterocycles. The van der Waals surface area contributed by atoms with Gasteiger partial charge in [0.25, 0.3) is 0 Å². The summed E-state index contributed by atoms with van der Waals surface area (Å²) >= 11 is 1.50. The van der Waals surface area contributed by atoms with Crippen LogP contribution in [0.2, 0.25) is 0 Å². The number of nitrogens with zero attached hydrogens (tertiary/aromatic N) is 1. The van der Waals surface area contributed by atoms with Gasteiger partial charge in [0.1, 0.15) is 6.04 Å². The summed E-state index contributed by atoms with van der Waals surface area (Å²) in [6.07, 6.45) is 3.43. The average Bonchev–Trinajstić information content (AvgIpc) is 3.12. The molecule has 96 valence electrons. The Kier molecular flexibility index (Phi) is 2.68. The van der Waals surface area contributed by atoms with Gasteiger partial charge in [0.05, 0.1) is 10.6 Å². The first kappa shape index (κ1) is 11.8. The van der Waals surface area contributed by atoms with Crippen molar-refractivity contribution in [1.82, 2.24) is 4.31 Å². The van der Waals surface area contributed by atoms with E-state index in [0.29, 0.717) is 24.5 Å². The maximum atomic E-state index is 12.3. The molecule has 3 fully saturated rings. The molecule has 1 saturated heterocycles. The standard InChI is InChI=1S/C10H15NO4S2/c12-10(13)8-5-16-9(6-1-2-6)11(8)17(14,15)7-3-4-7/h6-9H,1-5H2,(H,12,13). The monoisotopic (exact) mass is 277 g/mol. The van der Waals surface area contributed by atoms with Crippen LogP contribution in [-0.2, 0) is 14.8 Å². The maximum Gasteiger partial charge on any atom is 0.322 e. The van der Waals surface area contributed by atoms with Crippen LogP contribution in [0.3, 0.4) is 0 Å². The molecular formula is C10H15NO4S2. The number of aliphatic carboxylic acids is 1. The van der Waals surface area contributed by atoms with E-state index in [9.17, 15) is 13.2 Å². The molecule has 0 spiro atoms. The Hall–Kier alpha value is -0.270. The number of carboxylic acids is 1. The van der Waals surface area contributed by atoms with Crippen LogP contribution in [0.4, 0.5) is 0 Å². The van der Waals surface area contributed by atoms with Crippen molar-refractivity contribution in [2.24, 2.45) is 5.92 Å². The molecule has 1 heterocycles. The van der Waals surface area contributed by atoms with Crippen LogP contribution in [0.25, 0.3) is 0 Å². The third-order valence-electron chi connectivity index (χ3n) is 3.53. The number of carboxylic acid groups (broad SMARTS) is 1. The minimum atomic E-state index is -3.38. The number of hydrogen-bond acceptors (Lipinski definition) is 4. The lowest BCUT2D eigenvalue weighted by Gasteiger charge is -2.26. The first-order chi connectivity index (χ1) is 8.01. The van der Waals surface area contributed by atoms with Gasteiger partial charge < -0.3 is 5.11 Å². The average molecular weight is 277 g/mol. The largest absolute Gasteiger partial charge is 0.480 e. The van der Waals surface area contributed by atoms with Crippen LogP contribution >= 0.6 is 11.8 Å². The minimum Gasteiger partial charge on any atom is -0.480 e. The fourth-order valence-corrected chi connectivity index (χ4v) is 6.49. The third-order valence-corrected chi connectivity index (χ3v) is 7.51. The van der Waals surface area contributed by atoms with Crippen molar-refractivity contribution in [2.45, 2.75) is 42.3 Å². The molecule has 2 saturated carbocycles. The predicted molar refractivity (Wildman–Crippen MR) is 64.2 cm³/mol. The van der Waals surface area contributed by atoms with E-state index in [1.165, 1.54) is 16.1 Å². The fourth-order valence-electron chi connectivity index (χ4n) is 2.28. The molecular weight excluding hydrogens is 262 g/mol. The van der Waals surface area contributed by atoms with E-state index < -0.39 is 22.0 Å². The molecule has 3 aliphatic rings.